The summed E-state index contributed by atoms with van der Waals surface area (Å²) < 4.78 is 6.90. The number of anilines is 1. The van der Waals surface area contributed by atoms with Crippen molar-refractivity contribution in [2.24, 2.45) is 0 Å². The van der Waals surface area contributed by atoms with Gasteiger partial charge in [0.05, 0.1) is 24.2 Å². The van der Waals surface area contributed by atoms with Gasteiger partial charge in [-0.25, -0.2) is 14.8 Å². The fourth-order valence-electron chi connectivity index (χ4n) is 3.77. The van der Waals surface area contributed by atoms with Crippen LogP contribution in [0.1, 0.15) is 38.6 Å². The maximum atomic E-state index is 11.9. The van der Waals surface area contributed by atoms with Gasteiger partial charge in [0, 0.05) is 24.0 Å². The zero-order valence-corrected chi connectivity index (χ0v) is 18.5. The number of hydrogen-bond acceptors (Lipinski definition) is 5. The number of esters is 1. The first kappa shape index (κ1) is 20.6. The van der Waals surface area contributed by atoms with E-state index in [4.69, 9.17) is 9.72 Å². The molecule has 1 aromatic carbocycles. The van der Waals surface area contributed by atoms with Crippen molar-refractivity contribution in [1.29, 1.82) is 0 Å². The molecular weight excluding hydrogens is 388 g/mol. The number of nitrogens with zero attached hydrogens (tertiary/aromatic N) is 3. The number of ether oxygens (including phenoxy) is 1. The predicted octanol–water partition coefficient (Wildman–Crippen LogP) is 5.03. The number of aryl methyl sites for hydroxylation is 4. The van der Waals surface area contributed by atoms with E-state index in [1.165, 1.54) is 23.8 Å². The molecular formula is C25H26N4O2. The quantitative estimate of drug-likeness (QED) is 0.464. The first-order valence-electron chi connectivity index (χ1n) is 10.2. The van der Waals surface area contributed by atoms with E-state index < -0.39 is 5.97 Å². The number of aromatic nitrogens is 3. The molecule has 0 aliphatic heterocycles. The number of methoxy groups -OCH3 is 1. The van der Waals surface area contributed by atoms with Crippen LogP contribution >= 0.6 is 0 Å². The van der Waals surface area contributed by atoms with Crippen LogP contribution in [0.25, 0.3) is 16.9 Å². The third kappa shape index (κ3) is 3.89. The van der Waals surface area contributed by atoms with Gasteiger partial charge < -0.3 is 14.5 Å². The first-order chi connectivity index (χ1) is 14.9. The summed E-state index contributed by atoms with van der Waals surface area (Å²) in [5.74, 6) is -0.453. The third-order valence-electron chi connectivity index (χ3n) is 5.74. The molecule has 0 atom stereocenters. The number of carbonyl (C=O) groups excluding carboxylic acids is 1. The lowest BCUT2D eigenvalue weighted by atomic mass is 10.0. The summed E-state index contributed by atoms with van der Waals surface area (Å²) in [6.07, 6.45) is 2.01. The molecule has 3 heterocycles. The number of fused-ring (bicyclic) bond motifs is 1. The van der Waals surface area contributed by atoms with Gasteiger partial charge in [0.2, 0.25) is 0 Å². The van der Waals surface area contributed by atoms with Crippen LogP contribution in [0.15, 0.2) is 48.7 Å². The summed E-state index contributed by atoms with van der Waals surface area (Å²) >= 11 is 0. The van der Waals surface area contributed by atoms with E-state index in [2.05, 4.69) is 46.7 Å². The Morgan fingerprint density at radius 1 is 1.03 bits per heavy atom. The molecule has 1 N–H and O–H groups in total. The molecule has 0 bridgehead atoms. The smallest absolute Gasteiger partial charge is 0.356 e. The molecule has 0 saturated heterocycles. The summed E-state index contributed by atoms with van der Waals surface area (Å²) in [5.41, 5.74) is 9.48. The standard InChI is InChI=1S/C25H26N4O2/c1-15-8-6-9-16(2)20(15)13-26-23-12-19(14-29-18(4)17(3)27-24(23)29)21-10-7-11-22(28-21)25(30)31-5/h6-12,14,26H,13H2,1-5H3. The molecule has 0 unspecified atom stereocenters. The number of carbonyl (C=O) groups is 1. The fourth-order valence-corrected chi connectivity index (χ4v) is 3.77. The summed E-state index contributed by atoms with van der Waals surface area (Å²) in [4.78, 5) is 21.2. The van der Waals surface area contributed by atoms with Gasteiger partial charge in [-0.1, -0.05) is 24.3 Å². The number of nitrogens with one attached hydrogen (secondary N) is 1. The summed E-state index contributed by atoms with van der Waals surface area (Å²) in [6, 6.07) is 13.7. The Kier molecular flexibility index (Phi) is 5.46. The largest absolute Gasteiger partial charge is 0.464 e. The van der Waals surface area contributed by atoms with Crippen LogP contribution in [-0.4, -0.2) is 27.4 Å². The summed E-state index contributed by atoms with van der Waals surface area (Å²) in [7, 11) is 1.36. The lowest BCUT2D eigenvalue weighted by Gasteiger charge is -2.14. The summed E-state index contributed by atoms with van der Waals surface area (Å²) in [6.45, 7) is 9.00. The SMILES string of the molecule is COC(=O)c1cccc(-c2cc(NCc3c(C)cccc3C)c3nc(C)c(C)n3c2)n1. The van der Waals surface area contributed by atoms with Crippen LogP contribution in [0, 0.1) is 27.7 Å². The van der Waals surface area contributed by atoms with Crippen LogP contribution in [0.5, 0.6) is 0 Å². The highest BCUT2D eigenvalue weighted by Crippen LogP contribution is 2.28. The van der Waals surface area contributed by atoms with E-state index in [9.17, 15) is 4.79 Å². The predicted molar refractivity (Wildman–Crippen MR) is 122 cm³/mol. The second-order valence-corrected chi connectivity index (χ2v) is 7.74. The second kappa shape index (κ2) is 8.22. The molecule has 158 valence electrons. The molecule has 0 amide bonds. The Balaban J connectivity index is 1.80. The molecule has 4 rings (SSSR count). The fraction of sp³-hybridized carbons (Fsp3) is 0.240. The zero-order chi connectivity index (χ0) is 22.1. The molecule has 0 aliphatic carbocycles. The normalized spacial score (nSPS) is 11.0. The van der Waals surface area contributed by atoms with Crippen LogP contribution < -0.4 is 5.32 Å². The van der Waals surface area contributed by atoms with Gasteiger partial charge in [-0.05, 0) is 62.6 Å². The Bertz CT molecular complexity index is 1270. The van der Waals surface area contributed by atoms with E-state index in [-0.39, 0.29) is 5.69 Å². The molecule has 4 aromatic rings. The number of pyridine rings is 2. The zero-order valence-electron chi connectivity index (χ0n) is 18.5. The lowest BCUT2D eigenvalue weighted by Crippen LogP contribution is -2.07. The molecule has 6 heteroatoms. The van der Waals surface area contributed by atoms with E-state index in [0.29, 0.717) is 12.2 Å². The number of hydrogen-bond donors (Lipinski definition) is 1. The highest BCUT2D eigenvalue weighted by atomic mass is 16.5. The number of benzene rings is 1. The van der Waals surface area contributed by atoms with Crippen LogP contribution in [0.4, 0.5) is 5.69 Å². The number of imidazole rings is 1. The molecule has 0 aliphatic rings. The molecule has 6 nitrogen and oxygen atoms in total. The van der Waals surface area contributed by atoms with Gasteiger partial charge in [-0.15, -0.1) is 0 Å². The van der Waals surface area contributed by atoms with Gasteiger partial charge in [0.15, 0.2) is 5.65 Å². The van der Waals surface area contributed by atoms with E-state index in [1.54, 1.807) is 6.07 Å². The highest BCUT2D eigenvalue weighted by Gasteiger charge is 2.15. The van der Waals surface area contributed by atoms with Gasteiger partial charge in [0.25, 0.3) is 0 Å². The molecule has 0 saturated carbocycles. The minimum absolute atomic E-state index is 0.281. The molecule has 3 aromatic heterocycles. The van der Waals surface area contributed by atoms with Gasteiger partial charge >= 0.3 is 5.97 Å². The Morgan fingerprint density at radius 2 is 1.74 bits per heavy atom. The van der Waals surface area contributed by atoms with Crippen molar-refractivity contribution in [1.82, 2.24) is 14.4 Å². The van der Waals surface area contributed by atoms with Crippen molar-refractivity contribution < 1.29 is 9.53 Å². The van der Waals surface area contributed by atoms with Gasteiger partial charge in [-0.2, -0.15) is 0 Å². The third-order valence-corrected chi connectivity index (χ3v) is 5.74. The van der Waals surface area contributed by atoms with Crippen molar-refractivity contribution >= 4 is 17.3 Å². The maximum absolute atomic E-state index is 11.9. The minimum atomic E-state index is -0.453. The Hall–Kier alpha value is -3.67. The average molecular weight is 415 g/mol. The topological polar surface area (TPSA) is 68.5 Å². The van der Waals surface area contributed by atoms with Crippen molar-refractivity contribution in [3.63, 3.8) is 0 Å². The molecule has 0 fully saturated rings. The van der Waals surface area contributed by atoms with Crippen LogP contribution in [-0.2, 0) is 11.3 Å². The molecule has 31 heavy (non-hydrogen) atoms. The highest BCUT2D eigenvalue weighted by molar-refractivity contribution is 5.88. The van der Waals surface area contributed by atoms with Crippen LogP contribution in [0.3, 0.4) is 0 Å². The minimum Gasteiger partial charge on any atom is -0.464 e. The first-order valence-corrected chi connectivity index (χ1v) is 10.2. The van der Waals surface area contributed by atoms with E-state index in [0.717, 1.165) is 28.3 Å². The Labute approximate surface area is 181 Å². The Morgan fingerprint density at radius 3 is 2.45 bits per heavy atom. The van der Waals surface area contributed by atoms with Gasteiger partial charge in [-0.3, -0.25) is 0 Å². The summed E-state index contributed by atoms with van der Waals surface area (Å²) in [5, 5.41) is 3.58. The molecule has 0 spiro atoms. The van der Waals surface area contributed by atoms with Crippen molar-refractivity contribution in [3.05, 3.63) is 82.4 Å². The van der Waals surface area contributed by atoms with E-state index in [1.807, 2.05) is 38.2 Å². The van der Waals surface area contributed by atoms with Crippen molar-refractivity contribution in [3.8, 4) is 11.3 Å². The van der Waals surface area contributed by atoms with Crippen molar-refractivity contribution in [2.75, 3.05) is 12.4 Å². The maximum Gasteiger partial charge on any atom is 0.356 e. The van der Waals surface area contributed by atoms with Gasteiger partial charge in [0.1, 0.15) is 5.69 Å². The molecule has 0 radical (unpaired) electrons. The number of rotatable bonds is 5. The van der Waals surface area contributed by atoms with E-state index >= 15 is 0 Å². The van der Waals surface area contributed by atoms with Crippen LogP contribution in [0.2, 0.25) is 0 Å². The monoisotopic (exact) mass is 414 g/mol. The second-order valence-electron chi connectivity index (χ2n) is 7.74. The average Bonchev–Trinajstić information content (AvgIpc) is 3.06. The lowest BCUT2D eigenvalue weighted by molar-refractivity contribution is 0.0594. The van der Waals surface area contributed by atoms with Crippen molar-refractivity contribution in [2.45, 2.75) is 34.2 Å².